The first-order chi connectivity index (χ1) is 21.9. The first-order valence-electron chi connectivity index (χ1n) is 17.2. The van der Waals surface area contributed by atoms with Crippen LogP contribution in [0.3, 0.4) is 0 Å². The first-order valence-corrected chi connectivity index (χ1v) is 18.5. The zero-order valence-electron chi connectivity index (χ0n) is 27.7. The Morgan fingerprint density at radius 1 is 0.848 bits per heavy atom. The van der Waals surface area contributed by atoms with Gasteiger partial charge in [-0.15, -0.1) is 0 Å². The number of rotatable bonds is 27. The zero-order chi connectivity index (χ0) is 34.4. The van der Waals surface area contributed by atoms with Gasteiger partial charge in [-0.05, 0) is 32.1 Å². The molecule has 8 unspecified atom stereocenters. The Balaban J connectivity index is 2.74. The van der Waals surface area contributed by atoms with E-state index in [-0.39, 0.29) is 6.42 Å². The van der Waals surface area contributed by atoms with Crippen LogP contribution in [-0.2, 0) is 28.9 Å². The Kier molecular flexibility index (Phi) is 23.2. The van der Waals surface area contributed by atoms with Gasteiger partial charge in [0.1, 0.15) is 30.5 Å². The van der Waals surface area contributed by atoms with E-state index in [9.17, 15) is 38.7 Å². The van der Waals surface area contributed by atoms with E-state index in [1.54, 1.807) is 0 Å². The zero-order valence-corrected chi connectivity index (χ0v) is 28.6. The topological polar surface area (TPSA) is 212 Å². The van der Waals surface area contributed by atoms with Gasteiger partial charge in [0.2, 0.25) is 5.91 Å². The molecule has 1 amide bonds. The van der Waals surface area contributed by atoms with E-state index >= 15 is 0 Å². The number of ether oxygens (including phenoxy) is 2. The second kappa shape index (κ2) is 24.9. The molecule has 46 heavy (non-hydrogen) atoms. The maximum absolute atomic E-state index is 12.9. The molecule has 13 nitrogen and oxygen atoms in total. The van der Waals surface area contributed by atoms with Gasteiger partial charge in [0.15, 0.2) is 6.29 Å². The predicted octanol–water partition coefficient (Wildman–Crippen LogP) is 3.06. The quantitative estimate of drug-likeness (QED) is 0.0378. The van der Waals surface area contributed by atoms with Crippen LogP contribution < -0.4 is 5.32 Å². The molecule has 0 saturated carbocycles. The lowest BCUT2D eigenvalue weighted by molar-refractivity contribution is -0.298. The Morgan fingerprint density at radius 3 is 2.02 bits per heavy atom. The second-order valence-electron chi connectivity index (χ2n) is 12.2. The fourth-order valence-corrected chi connectivity index (χ4v) is 5.83. The fraction of sp³-hybridized carbons (Fsp3) is 0.906. The number of amides is 1. The SMILES string of the molecule is CCCC/C=C\CCCCCCC(O)C(=O)NC(COC1OC(CO)C(O)C(OS(=O)(=O)O)C1O)C(O)CCCCCCCCC. The van der Waals surface area contributed by atoms with Crippen LogP contribution in [0.25, 0.3) is 0 Å². The van der Waals surface area contributed by atoms with Crippen LogP contribution in [0.2, 0.25) is 0 Å². The van der Waals surface area contributed by atoms with E-state index in [4.69, 9.17) is 14.0 Å². The number of hydrogen-bond donors (Lipinski definition) is 7. The molecule has 8 atom stereocenters. The lowest BCUT2D eigenvalue weighted by Crippen LogP contribution is -2.61. The van der Waals surface area contributed by atoms with Gasteiger partial charge in [-0.25, -0.2) is 4.18 Å². The fourth-order valence-electron chi connectivity index (χ4n) is 5.33. The van der Waals surface area contributed by atoms with Gasteiger partial charge < -0.3 is 40.3 Å². The van der Waals surface area contributed by atoms with E-state index in [2.05, 4.69) is 35.5 Å². The molecule has 0 aromatic heterocycles. The summed E-state index contributed by atoms with van der Waals surface area (Å²) in [4.78, 5) is 12.9. The summed E-state index contributed by atoms with van der Waals surface area (Å²) >= 11 is 0. The second-order valence-corrected chi connectivity index (χ2v) is 13.3. The predicted molar refractivity (Wildman–Crippen MR) is 173 cm³/mol. The Labute approximate surface area is 275 Å². The number of unbranched alkanes of at least 4 members (excludes halogenated alkanes) is 12. The number of hydrogen-bond acceptors (Lipinski definition) is 11. The number of nitrogens with one attached hydrogen (secondary N) is 1. The summed E-state index contributed by atoms with van der Waals surface area (Å²) in [5, 5.41) is 54.6. The molecule has 7 N–H and O–H groups in total. The highest BCUT2D eigenvalue weighted by molar-refractivity contribution is 7.80. The number of allylic oxidation sites excluding steroid dienone is 2. The van der Waals surface area contributed by atoms with Gasteiger partial charge in [-0.1, -0.05) is 103 Å². The third-order valence-corrected chi connectivity index (χ3v) is 8.65. The summed E-state index contributed by atoms with van der Waals surface area (Å²) < 4.78 is 47.0. The van der Waals surface area contributed by atoms with E-state index in [0.29, 0.717) is 19.3 Å². The van der Waals surface area contributed by atoms with Crippen molar-refractivity contribution in [3.63, 3.8) is 0 Å². The standard InChI is InChI=1S/C32H61NO12S/c1-3-5-7-9-11-12-13-15-17-19-21-26(36)31(39)33-24(25(35)20-18-16-14-10-8-6-4-2)23-43-32-29(38)30(45-46(40,41)42)28(37)27(22-34)44-32/h9,11,24-30,32,34-38H,3-8,10,12-23H2,1-2H3,(H,33,39)(H,40,41,42)/b11-9-. The summed E-state index contributed by atoms with van der Waals surface area (Å²) in [7, 11) is -5.10. The van der Waals surface area contributed by atoms with Crippen LogP contribution in [0, 0.1) is 0 Å². The molecule has 0 bridgehead atoms. The maximum Gasteiger partial charge on any atom is 0.397 e. The molecular weight excluding hydrogens is 622 g/mol. The molecule has 0 aromatic rings. The largest absolute Gasteiger partial charge is 0.397 e. The van der Waals surface area contributed by atoms with Crippen molar-refractivity contribution in [1.82, 2.24) is 5.32 Å². The van der Waals surface area contributed by atoms with Crippen molar-refractivity contribution in [2.45, 2.75) is 172 Å². The number of carbonyl (C=O) groups excluding carboxylic acids is 1. The van der Waals surface area contributed by atoms with Crippen molar-refractivity contribution in [2.75, 3.05) is 13.2 Å². The Hall–Kier alpha value is -1.20. The van der Waals surface area contributed by atoms with Gasteiger partial charge in [0.25, 0.3) is 0 Å². The van der Waals surface area contributed by atoms with Crippen molar-refractivity contribution >= 4 is 16.3 Å². The van der Waals surface area contributed by atoms with Gasteiger partial charge in [0, 0.05) is 0 Å². The molecule has 1 heterocycles. The summed E-state index contributed by atoms with van der Waals surface area (Å²) in [5.74, 6) is -0.688. The normalized spacial score (nSPS) is 24.2. The number of aliphatic hydroxyl groups is 5. The highest BCUT2D eigenvalue weighted by Gasteiger charge is 2.48. The van der Waals surface area contributed by atoms with Gasteiger partial charge in [0.05, 0.1) is 25.4 Å². The van der Waals surface area contributed by atoms with E-state index in [1.807, 2.05) is 0 Å². The average Bonchev–Trinajstić information content (AvgIpc) is 3.01. The Morgan fingerprint density at radius 2 is 1.41 bits per heavy atom. The van der Waals surface area contributed by atoms with Crippen LogP contribution >= 0.6 is 0 Å². The smallest absolute Gasteiger partial charge is 0.394 e. The minimum Gasteiger partial charge on any atom is -0.394 e. The molecule has 0 aliphatic carbocycles. The lowest BCUT2D eigenvalue weighted by atomic mass is 9.99. The van der Waals surface area contributed by atoms with E-state index in [1.165, 1.54) is 19.3 Å². The summed E-state index contributed by atoms with van der Waals surface area (Å²) in [6.45, 7) is 3.10. The number of carbonyl (C=O) groups is 1. The van der Waals surface area contributed by atoms with Crippen molar-refractivity contribution in [2.24, 2.45) is 0 Å². The molecule has 1 fully saturated rings. The summed E-state index contributed by atoms with van der Waals surface area (Å²) in [6, 6.07) is -1.03. The molecule has 272 valence electrons. The minimum absolute atomic E-state index is 0.245. The molecule has 1 aliphatic heterocycles. The molecule has 1 saturated heterocycles. The van der Waals surface area contributed by atoms with Crippen LogP contribution in [0.4, 0.5) is 0 Å². The van der Waals surface area contributed by atoms with Gasteiger partial charge in [-0.2, -0.15) is 8.42 Å². The van der Waals surface area contributed by atoms with Crippen LogP contribution in [0.15, 0.2) is 12.2 Å². The van der Waals surface area contributed by atoms with E-state index < -0.39 is 78.5 Å². The average molecular weight is 684 g/mol. The van der Waals surface area contributed by atoms with Gasteiger partial charge in [-0.3, -0.25) is 9.35 Å². The van der Waals surface area contributed by atoms with Crippen molar-refractivity contribution in [3.8, 4) is 0 Å². The molecule has 1 rings (SSSR count). The van der Waals surface area contributed by atoms with Crippen molar-refractivity contribution in [3.05, 3.63) is 12.2 Å². The van der Waals surface area contributed by atoms with Gasteiger partial charge >= 0.3 is 10.4 Å². The molecule has 0 spiro atoms. The van der Waals surface area contributed by atoms with Crippen molar-refractivity contribution < 1.29 is 57.0 Å². The highest BCUT2D eigenvalue weighted by Crippen LogP contribution is 2.26. The molecule has 0 aromatic carbocycles. The van der Waals surface area contributed by atoms with Crippen LogP contribution in [0.5, 0.6) is 0 Å². The molecule has 14 heteroatoms. The third kappa shape index (κ3) is 18.4. The monoisotopic (exact) mass is 683 g/mol. The van der Waals surface area contributed by atoms with Crippen molar-refractivity contribution in [1.29, 1.82) is 0 Å². The Bertz CT molecular complexity index is 921. The summed E-state index contributed by atoms with van der Waals surface area (Å²) in [5.41, 5.74) is 0. The minimum atomic E-state index is -5.10. The number of aliphatic hydroxyl groups excluding tert-OH is 5. The third-order valence-electron chi connectivity index (χ3n) is 8.18. The van der Waals surface area contributed by atoms with E-state index in [0.717, 1.165) is 64.2 Å². The lowest BCUT2D eigenvalue weighted by Gasteiger charge is -2.41. The van der Waals surface area contributed by atoms with Crippen LogP contribution in [-0.4, -0.2) is 107 Å². The molecule has 0 radical (unpaired) electrons. The molecule has 1 aliphatic rings. The molecular formula is C32H61NO12S. The maximum atomic E-state index is 12.9. The summed E-state index contributed by atoms with van der Waals surface area (Å²) in [6.07, 6.45) is 8.98. The highest BCUT2D eigenvalue weighted by atomic mass is 32.3. The van der Waals surface area contributed by atoms with Crippen LogP contribution in [0.1, 0.15) is 123 Å². The first kappa shape index (κ1) is 42.8.